The zero-order valence-corrected chi connectivity index (χ0v) is 18.0. The van der Waals surface area contributed by atoms with Crippen LogP contribution in [0.1, 0.15) is 56.6 Å². The Labute approximate surface area is 175 Å². The predicted octanol–water partition coefficient (Wildman–Crippen LogP) is 3.16. The maximum atomic E-state index is 10.7. The van der Waals surface area contributed by atoms with Crippen molar-refractivity contribution in [2.24, 2.45) is 10.9 Å². The Morgan fingerprint density at radius 3 is 2.83 bits per heavy atom. The number of benzene rings is 1. The van der Waals surface area contributed by atoms with E-state index in [1.807, 2.05) is 0 Å². The van der Waals surface area contributed by atoms with Gasteiger partial charge in [0.25, 0.3) is 0 Å². The first kappa shape index (κ1) is 21.9. The molecule has 3 N–H and O–H groups in total. The van der Waals surface area contributed by atoms with Crippen LogP contribution in [0.15, 0.2) is 23.2 Å². The fourth-order valence-electron chi connectivity index (χ4n) is 3.99. The van der Waals surface area contributed by atoms with Crippen molar-refractivity contribution >= 4 is 5.96 Å². The van der Waals surface area contributed by atoms with Crippen molar-refractivity contribution in [2.75, 3.05) is 32.9 Å². The van der Waals surface area contributed by atoms with Gasteiger partial charge < -0.3 is 25.2 Å². The number of guanidine groups is 1. The minimum Gasteiger partial charge on any atom is -0.493 e. The van der Waals surface area contributed by atoms with Crippen molar-refractivity contribution in [3.05, 3.63) is 29.3 Å². The Balaban J connectivity index is 1.61. The maximum Gasteiger partial charge on any atom is 0.191 e. The molecular formula is C23H37N3O3. The highest BCUT2D eigenvalue weighted by Gasteiger charge is 2.29. The Kier molecular flexibility index (Phi) is 8.19. The van der Waals surface area contributed by atoms with E-state index in [-0.39, 0.29) is 0 Å². The molecule has 1 aliphatic heterocycles. The highest BCUT2D eigenvalue weighted by Crippen LogP contribution is 2.27. The molecule has 0 aromatic heterocycles. The lowest BCUT2D eigenvalue weighted by Gasteiger charge is -2.32. The minimum absolute atomic E-state index is 0.474. The van der Waals surface area contributed by atoms with Crippen LogP contribution in [0.3, 0.4) is 0 Å². The second-order valence-electron chi connectivity index (χ2n) is 8.49. The van der Waals surface area contributed by atoms with Crippen molar-refractivity contribution in [1.29, 1.82) is 0 Å². The summed E-state index contributed by atoms with van der Waals surface area (Å²) in [7, 11) is 0. The predicted molar refractivity (Wildman–Crippen MR) is 116 cm³/mol. The zero-order valence-electron chi connectivity index (χ0n) is 18.0. The van der Waals surface area contributed by atoms with Gasteiger partial charge in [0.2, 0.25) is 0 Å². The molecule has 1 saturated heterocycles. The van der Waals surface area contributed by atoms with E-state index in [4.69, 9.17) is 14.5 Å². The van der Waals surface area contributed by atoms with Crippen LogP contribution >= 0.6 is 0 Å². The Morgan fingerprint density at radius 1 is 1.28 bits per heavy atom. The van der Waals surface area contributed by atoms with Crippen molar-refractivity contribution in [3.63, 3.8) is 0 Å². The van der Waals surface area contributed by atoms with E-state index in [1.165, 1.54) is 12.0 Å². The number of hydrogen-bond acceptors (Lipinski definition) is 4. The number of aliphatic hydroxyl groups is 1. The monoisotopic (exact) mass is 403 g/mol. The van der Waals surface area contributed by atoms with E-state index in [9.17, 15) is 5.11 Å². The molecule has 2 fully saturated rings. The molecule has 0 radical (unpaired) electrons. The Hall–Kier alpha value is -1.79. The third kappa shape index (κ3) is 6.89. The number of nitrogens with zero attached hydrogens (tertiary/aromatic N) is 1. The number of aryl methyl sites for hydroxylation is 1. The fourth-order valence-corrected chi connectivity index (χ4v) is 3.99. The third-order valence-electron chi connectivity index (χ3n) is 5.84. The summed E-state index contributed by atoms with van der Waals surface area (Å²) in [6.07, 6.45) is 6.21. The van der Waals surface area contributed by atoms with E-state index >= 15 is 0 Å². The van der Waals surface area contributed by atoms with E-state index in [1.54, 1.807) is 0 Å². The standard InChI is InChI=1S/C23H37N3O3/c1-3-24-22(26-17-23(27)10-5-4-6-11-23)25-14-20-8-7-18(2)13-21(20)29-16-19-9-12-28-15-19/h7-8,13,19,27H,3-6,9-12,14-17H2,1-2H3,(H2,24,25,26). The summed E-state index contributed by atoms with van der Waals surface area (Å²) in [6, 6.07) is 6.28. The molecule has 2 aliphatic rings. The van der Waals surface area contributed by atoms with Crippen LogP contribution in [0.4, 0.5) is 0 Å². The van der Waals surface area contributed by atoms with Crippen LogP contribution in [-0.2, 0) is 11.3 Å². The second kappa shape index (κ2) is 10.8. The molecule has 1 aromatic carbocycles. The molecule has 1 heterocycles. The summed E-state index contributed by atoms with van der Waals surface area (Å²) in [5.41, 5.74) is 1.64. The molecule has 6 heteroatoms. The summed E-state index contributed by atoms with van der Waals surface area (Å²) < 4.78 is 11.6. The molecule has 1 aromatic rings. The van der Waals surface area contributed by atoms with Gasteiger partial charge in [-0.15, -0.1) is 0 Å². The SMILES string of the molecule is CCNC(=NCc1ccc(C)cc1OCC1CCOC1)NCC1(O)CCCCC1. The summed E-state index contributed by atoms with van der Waals surface area (Å²) in [4.78, 5) is 4.75. The van der Waals surface area contributed by atoms with Gasteiger partial charge in [-0.25, -0.2) is 4.99 Å². The van der Waals surface area contributed by atoms with Gasteiger partial charge in [-0.3, -0.25) is 0 Å². The van der Waals surface area contributed by atoms with Gasteiger partial charge in [0.05, 0.1) is 25.4 Å². The lowest BCUT2D eigenvalue weighted by molar-refractivity contribution is 0.00859. The van der Waals surface area contributed by atoms with Crippen LogP contribution in [0.25, 0.3) is 0 Å². The quantitative estimate of drug-likeness (QED) is 0.459. The Bertz CT molecular complexity index is 665. The van der Waals surface area contributed by atoms with Crippen LogP contribution < -0.4 is 15.4 Å². The van der Waals surface area contributed by atoms with Gasteiger partial charge in [-0.1, -0.05) is 31.4 Å². The minimum atomic E-state index is -0.615. The second-order valence-corrected chi connectivity index (χ2v) is 8.49. The van der Waals surface area contributed by atoms with Crippen molar-refractivity contribution < 1.29 is 14.6 Å². The van der Waals surface area contributed by atoms with Gasteiger partial charge >= 0.3 is 0 Å². The number of hydrogen-bond donors (Lipinski definition) is 3. The number of rotatable bonds is 8. The van der Waals surface area contributed by atoms with E-state index < -0.39 is 5.60 Å². The average molecular weight is 404 g/mol. The van der Waals surface area contributed by atoms with E-state index in [0.717, 1.165) is 69.1 Å². The summed E-state index contributed by atoms with van der Waals surface area (Å²) >= 11 is 0. The molecule has 1 unspecified atom stereocenters. The van der Waals surface area contributed by atoms with Crippen molar-refractivity contribution in [2.45, 2.75) is 64.5 Å². The first-order valence-corrected chi connectivity index (χ1v) is 11.1. The molecule has 3 rings (SSSR count). The van der Waals surface area contributed by atoms with Crippen LogP contribution in [0.2, 0.25) is 0 Å². The molecule has 162 valence electrons. The van der Waals surface area contributed by atoms with E-state index in [2.05, 4.69) is 42.7 Å². The van der Waals surface area contributed by atoms with Crippen LogP contribution in [-0.4, -0.2) is 49.6 Å². The highest BCUT2D eigenvalue weighted by atomic mass is 16.5. The number of aliphatic imine (C=N–C) groups is 1. The molecule has 29 heavy (non-hydrogen) atoms. The first-order valence-electron chi connectivity index (χ1n) is 11.1. The maximum absolute atomic E-state index is 10.7. The van der Waals surface area contributed by atoms with Gasteiger partial charge in [0.1, 0.15) is 5.75 Å². The molecule has 0 amide bonds. The van der Waals surface area contributed by atoms with Gasteiger partial charge in [-0.05, 0) is 44.7 Å². The molecular weight excluding hydrogens is 366 g/mol. The first-order chi connectivity index (χ1) is 14.1. The molecule has 1 saturated carbocycles. The van der Waals surface area contributed by atoms with Gasteiger partial charge in [0, 0.05) is 31.2 Å². The summed E-state index contributed by atoms with van der Waals surface area (Å²) in [5.74, 6) is 2.12. The summed E-state index contributed by atoms with van der Waals surface area (Å²) in [6.45, 7) is 8.29. The van der Waals surface area contributed by atoms with Gasteiger partial charge in [0.15, 0.2) is 5.96 Å². The van der Waals surface area contributed by atoms with E-state index in [0.29, 0.717) is 25.6 Å². The molecule has 1 aliphatic carbocycles. The molecule has 0 spiro atoms. The lowest BCUT2D eigenvalue weighted by atomic mass is 9.85. The topological polar surface area (TPSA) is 75.1 Å². The smallest absolute Gasteiger partial charge is 0.191 e. The Morgan fingerprint density at radius 2 is 2.10 bits per heavy atom. The number of nitrogens with one attached hydrogen (secondary N) is 2. The largest absolute Gasteiger partial charge is 0.493 e. The zero-order chi connectivity index (χ0) is 20.5. The molecule has 6 nitrogen and oxygen atoms in total. The van der Waals surface area contributed by atoms with Crippen LogP contribution in [0, 0.1) is 12.8 Å². The normalized spacial score (nSPS) is 21.8. The lowest BCUT2D eigenvalue weighted by Crippen LogP contribution is -2.48. The highest BCUT2D eigenvalue weighted by molar-refractivity contribution is 5.79. The van der Waals surface area contributed by atoms with Gasteiger partial charge in [-0.2, -0.15) is 0 Å². The average Bonchev–Trinajstić information content (AvgIpc) is 3.24. The van der Waals surface area contributed by atoms with Crippen molar-refractivity contribution in [1.82, 2.24) is 10.6 Å². The van der Waals surface area contributed by atoms with Crippen LogP contribution in [0.5, 0.6) is 5.75 Å². The number of ether oxygens (including phenoxy) is 2. The van der Waals surface area contributed by atoms with Crippen molar-refractivity contribution in [3.8, 4) is 5.75 Å². The fraction of sp³-hybridized carbons (Fsp3) is 0.696. The molecule has 0 bridgehead atoms. The molecule has 1 atom stereocenters. The third-order valence-corrected chi connectivity index (χ3v) is 5.84. The summed E-state index contributed by atoms with van der Waals surface area (Å²) in [5, 5.41) is 17.4.